The largest absolute Gasteiger partial charge is 0.451 e. The van der Waals surface area contributed by atoms with Crippen molar-refractivity contribution in [2.45, 2.75) is 4.90 Å². The molecule has 3 rings (SSSR count). The van der Waals surface area contributed by atoms with Gasteiger partial charge in [-0.15, -0.1) is 0 Å². The lowest BCUT2D eigenvalue weighted by Gasteiger charge is -2.25. The first-order valence-corrected chi connectivity index (χ1v) is 8.60. The summed E-state index contributed by atoms with van der Waals surface area (Å²) in [5.74, 6) is 0.556. The highest BCUT2D eigenvalue weighted by Gasteiger charge is 2.21. The van der Waals surface area contributed by atoms with E-state index in [0.717, 1.165) is 0 Å². The normalized spacial score (nSPS) is 15.6. The number of rotatable bonds is 3. The SMILES string of the molecule is NS(=O)(=O)c1ccc(-c2ccc(C(=O)N3CCOCC3)o2)cc1. The molecule has 23 heavy (non-hydrogen) atoms. The molecule has 122 valence electrons. The monoisotopic (exact) mass is 336 g/mol. The fourth-order valence-electron chi connectivity index (χ4n) is 2.34. The lowest BCUT2D eigenvalue weighted by atomic mass is 10.2. The molecule has 0 bridgehead atoms. The maximum Gasteiger partial charge on any atom is 0.289 e. The van der Waals surface area contributed by atoms with Gasteiger partial charge in [0.25, 0.3) is 5.91 Å². The second-order valence-electron chi connectivity index (χ2n) is 5.14. The Morgan fingerprint density at radius 3 is 2.30 bits per heavy atom. The van der Waals surface area contributed by atoms with Crippen LogP contribution in [0.1, 0.15) is 10.6 Å². The van der Waals surface area contributed by atoms with Gasteiger partial charge in [0, 0.05) is 18.7 Å². The fourth-order valence-corrected chi connectivity index (χ4v) is 2.85. The van der Waals surface area contributed by atoms with Gasteiger partial charge < -0.3 is 14.1 Å². The first kappa shape index (κ1) is 15.7. The fraction of sp³-hybridized carbons (Fsp3) is 0.267. The molecule has 0 radical (unpaired) electrons. The van der Waals surface area contributed by atoms with Gasteiger partial charge in [0.15, 0.2) is 5.76 Å². The minimum Gasteiger partial charge on any atom is -0.451 e. The third-order valence-corrected chi connectivity index (χ3v) is 4.51. The third-order valence-electron chi connectivity index (χ3n) is 3.58. The van der Waals surface area contributed by atoms with Gasteiger partial charge in [-0.05, 0) is 36.4 Å². The summed E-state index contributed by atoms with van der Waals surface area (Å²) >= 11 is 0. The Morgan fingerprint density at radius 2 is 1.70 bits per heavy atom. The molecule has 0 spiro atoms. The zero-order valence-electron chi connectivity index (χ0n) is 12.3. The average molecular weight is 336 g/mol. The smallest absolute Gasteiger partial charge is 0.289 e. The van der Waals surface area contributed by atoms with E-state index >= 15 is 0 Å². The highest BCUT2D eigenvalue weighted by Crippen LogP contribution is 2.24. The summed E-state index contributed by atoms with van der Waals surface area (Å²) in [7, 11) is -3.73. The van der Waals surface area contributed by atoms with Crippen molar-refractivity contribution in [1.29, 1.82) is 0 Å². The maximum absolute atomic E-state index is 12.3. The van der Waals surface area contributed by atoms with Crippen molar-refractivity contribution in [3.8, 4) is 11.3 Å². The van der Waals surface area contributed by atoms with Crippen LogP contribution in [0.15, 0.2) is 45.7 Å². The van der Waals surface area contributed by atoms with Crippen molar-refractivity contribution in [3.63, 3.8) is 0 Å². The van der Waals surface area contributed by atoms with E-state index in [1.54, 1.807) is 29.2 Å². The van der Waals surface area contributed by atoms with E-state index in [9.17, 15) is 13.2 Å². The zero-order valence-corrected chi connectivity index (χ0v) is 13.1. The van der Waals surface area contributed by atoms with Gasteiger partial charge >= 0.3 is 0 Å². The van der Waals surface area contributed by atoms with Gasteiger partial charge in [0.1, 0.15) is 5.76 Å². The number of nitrogens with two attached hydrogens (primary N) is 1. The molecule has 2 N–H and O–H groups in total. The minimum absolute atomic E-state index is 0.0254. The zero-order chi connectivity index (χ0) is 16.4. The predicted molar refractivity (Wildman–Crippen MR) is 82.2 cm³/mol. The lowest BCUT2D eigenvalue weighted by molar-refractivity contribution is 0.0283. The Morgan fingerprint density at radius 1 is 1.04 bits per heavy atom. The first-order valence-electron chi connectivity index (χ1n) is 7.05. The number of amides is 1. The summed E-state index contributed by atoms with van der Waals surface area (Å²) < 4.78 is 33.3. The van der Waals surface area contributed by atoms with Gasteiger partial charge in [-0.1, -0.05) is 0 Å². The summed E-state index contributed by atoms with van der Waals surface area (Å²) in [6, 6.07) is 9.26. The number of morpholine rings is 1. The molecule has 1 aromatic carbocycles. The number of hydrogen-bond donors (Lipinski definition) is 1. The van der Waals surface area contributed by atoms with Crippen LogP contribution in [0.4, 0.5) is 0 Å². The molecule has 0 aliphatic carbocycles. The standard InChI is InChI=1S/C15H16N2O5S/c16-23(19,20)12-3-1-11(2-4-12)13-5-6-14(22-13)15(18)17-7-9-21-10-8-17/h1-6H,7-10H2,(H2,16,19,20). The van der Waals surface area contributed by atoms with Gasteiger partial charge in [0.05, 0.1) is 18.1 Å². The number of benzene rings is 1. The molecular formula is C15H16N2O5S. The van der Waals surface area contributed by atoms with Crippen molar-refractivity contribution in [3.05, 3.63) is 42.2 Å². The quantitative estimate of drug-likeness (QED) is 0.903. The molecule has 2 heterocycles. The average Bonchev–Trinajstić information content (AvgIpc) is 3.04. The van der Waals surface area contributed by atoms with Crippen LogP contribution in [0.25, 0.3) is 11.3 Å². The lowest BCUT2D eigenvalue weighted by Crippen LogP contribution is -2.40. The Hall–Kier alpha value is -2.16. The number of primary sulfonamides is 1. The summed E-state index contributed by atoms with van der Waals surface area (Å²) in [5.41, 5.74) is 0.665. The molecule has 1 aliphatic rings. The van der Waals surface area contributed by atoms with Crippen molar-refractivity contribution >= 4 is 15.9 Å². The number of furan rings is 1. The van der Waals surface area contributed by atoms with E-state index in [4.69, 9.17) is 14.3 Å². The first-order chi connectivity index (χ1) is 10.9. The van der Waals surface area contributed by atoms with Crippen LogP contribution >= 0.6 is 0 Å². The van der Waals surface area contributed by atoms with Crippen LogP contribution in [0.3, 0.4) is 0 Å². The Kier molecular flexibility index (Phi) is 4.20. The Balaban J connectivity index is 1.80. The summed E-state index contributed by atoms with van der Waals surface area (Å²) in [5, 5.41) is 5.06. The summed E-state index contributed by atoms with van der Waals surface area (Å²) in [6.07, 6.45) is 0. The molecular weight excluding hydrogens is 320 g/mol. The molecule has 7 nitrogen and oxygen atoms in total. The highest BCUT2D eigenvalue weighted by molar-refractivity contribution is 7.89. The summed E-state index contributed by atoms with van der Waals surface area (Å²) in [4.78, 5) is 14.0. The van der Waals surface area contributed by atoms with Crippen molar-refractivity contribution in [2.24, 2.45) is 5.14 Å². The molecule has 1 aliphatic heterocycles. The number of ether oxygens (including phenoxy) is 1. The van der Waals surface area contributed by atoms with Gasteiger partial charge in [0.2, 0.25) is 10.0 Å². The van der Waals surface area contributed by atoms with E-state index in [0.29, 0.717) is 37.6 Å². The second kappa shape index (κ2) is 6.15. The maximum atomic E-state index is 12.3. The molecule has 1 saturated heterocycles. The molecule has 0 atom stereocenters. The summed E-state index contributed by atoms with van der Waals surface area (Å²) in [6.45, 7) is 2.12. The molecule has 0 unspecified atom stereocenters. The molecule has 2 aromatic rings. The Labute approximate surface area is 133 Å². The minimum atomic E-state index is -3.73. The van der Waals surface area contributed by atoms with Crippen LogP contribution in [0.2, 0.25) is 0 Å². The molecule has 1 fully saturated rings. The van der Waals surface area contributed by atoms with E-state index in [1.807, 2.05) is 0 Å². The number of nitrogens with zero attached hydrogens (tertiary/aromatic N) is 1. The molecule has 1 amide bonds. The molecule has 1 aromatic heterocycles. The Bertz CT molecular complexity index is 805. The van der Waals surface area contributed by atoms with Crippen LogP contribution in [0.5, 0.6) is 0 Å². The topological polar surface area (TPSA) is 103 Å². The molecule has 8 heteroatoms. The number of carbonyl (C=O) groups is 1. The highest BCUT2D eigenvalue weighted by atomic mass is 32.2. The van der Waals surface area contributed by atoms with E-state index in [-0.39, 0.29) is 16.6 Å². The number of sulfonamides is 1. The number of carbonyl (C=O) groups excluding carboxylic acids is 1. The van der Waals surface area contributed by atoms with Crippen LogP contribution in [-0.4, -0.2) is 45.5 Å². The van der Waals surface area contributed by atoms with Crippen LogP contribution in [-0.2, 0) is 14.8 Å². The third kappa shape index (κ3) is 3.44. The second-order valence-corrected chi connectivity index (χ2v) is 6.70. The van der Waals surface area contributed by atoms with E-state index in [2.05, 4.69) is 0 Å². The van der Waals surface area contributed by atoms with Crippen molar-refractivity contribution < 1.29 is 22.4 Å². The van der Waals surface area contributed by atoms with Crippen molar-refractivity contribution in [1.82, 2.24) is 4.90 Å². The van der Waals surface area contributed by atoms with Crippen LogP contribution < -0.4 is 5.14 Å². The van der Waals surface area contributed by atoms with Gasteiger partial charge in [-0.25, -0.2) is 13.6 Å². The molecule has 0 saturated carbocycles. The van der Waals surface area contributed by atoms with Gasteiger partial charge in [-0.2, -0.15) is 0 Å². The van der Waals surface area contributed by atoms with E-state index in [1.165, 1.54) is 12.1 Å². The van der Waals surface area contributed by atoms with Crippen LogP contribution in [0, 0.1) is 0 Å². The van der Waals surface area contributed by atoms with Crippen molar-refractivity contribution in [2.75, 3.05) is 26.3 Å². The predicted octanol–water partition coefficient (Wildman–Crippen LogP) is 1.07. The number of hydrogen-bond acceptors (Lipinski definition) is 5. The van der Waals surface area contributed by atoms with Gasteiger partial charge in [-0.3, -0.25) is 4.79 Å². The van der Waals surface area contributed by atoms with E-state index < -0.39 is 10.0 Å².